The summed E-state index contributed by atoms with van der Waals surface area (Å²) in [6.07, 6.45) is 2.93. The number of nitrogens with one attached hydrogen (secondary N) is 2. The third-order valence-electron chi connectivity index (χ3n) is 2.66. The molecule has 4 nitrogen and oxygen atoms in total. The van der Waals surface area contributed by atoms with E-state index in [-0.39, 0.29) is 0 Å². The number of hydrogen-bond donors (Lipinski definition) is 2. The lowest BCUT2D eigenvalue weighted by Crippen LogP contribution is -2.22. The lowest BCUT2D eigenvalue weighted by molar-refractivity contribution is 0.732. The third-order valence-corrected chi connectivity index (χ3v) is 2.66. The van der Waals surface area contributed by atoms with Gasteiger partial charge in [-0.25, -0.2) is 9.97 Å². The second kappa shape index (κ2) is 7.22. The minimum absolute atomic E-state index is 0.447. The highest BCUT2D eigenvalue weighted by molar-refractivity contribution is 5.31. The van der Waals surface area contributed by atoms with E-state index in [1.807, 2.05) is 6.20 Å². The summed E-state index contributed by atoms with van der Waals surface area (Å²) in [4.78, 5) is 8.93. The van der Waals surface area contributed by atoms with Crippen LogP contribution in [0.1, 0.15) is 44.9 Å². The van der Waals surface area contributed by atoms with Crippen molar-refractivity contribution in [3.63, 3.8) is 0 Å². The molecule has 1 aromatic heterocycles. The molecular formula is C13H24N4. The number of aryl methyl sites for hydroxylation is 1. The molecule has 0 fully saturated rings. The summed E-state index contributed by atoms with van der Waals surface area (Å²) in [5, 5.41) is 6.50. The molecule has 4 heteroatoms. The number of likely N-dealkylation sites (N-methyl/N-ethyl adjacent to an activating group) is 1. The Morgan fingerprint density at radius 1 is 1.24 bits per heavy atom. The van der Waals surface area contributed by atoms with Crippen LogP contribution < -0.4 is 10.6 Å². The van der Waals surface area contributed by atoms with Crippen molar-refractivity contribution in [3.8, 4) is 0 Å². The maximum atomic E-state index is 4.59. The smallest absolute Gasteiger partial charge is 0.222 e. The fourth-order valence-corrected chi connectivity index (χ4v) is 1.72. The van der Waals surface area contributed by atoms with E-state index in [9.17, 15) is 0 Å². The molecule has 0 atom stereocenters. The van der Waals surface area contributed by atoms with Crippen molar-refractivity contribution in [1.29, 1.82) is 0 Å². The Balaban J connectivity index is 2.64. The number of anilines is 1. The average Bonchev–Trinajstić information content (AvgIpc) is 2.34. The van der Waals surface area contributed by atoms with Gasteiger partial charge in [-0.05, 0) is 24.4 Å². The summed E-state index contributed by atoms with van der Waals surface area (Å²) >= 11 is 0. The van der Waals surface area contributed by atoms with Gasteiger partial charge in [0, 0.05) is 19.3 Å². The fraction of sp³-hybridized carbons (Fsp3) is 0.692. The number of hydrogen-bond acceptors (Lipinski definition) is 4. The van der Waals surface area contributed by atoms with E-state index in [1.54, 1.807) is 0 Å². The monoisotopic (exact) mass is 236 g/mol. The second-order valence-electron chi connectivity index (χ2n) is 4.39. The molecule has 1 aromatic rings. The third kappa shape index (κ3) is 4.30. The van der Waals surface area contributed by atoms with Crippen LogP contribution in [-0.2, 0) is 6.42 Å². The Morgan fingerprint density at radius 3 is 2.59 bits per heavy atom. The zero-order valence-electron chi connectivity index (χ0n) is 11.4. The van der Waals surface area contributed by atoms with Crippen LogP contribution >= 0.6 is 0 Å². The standard InChI is InChI=1S/C13H24N4/c1-5-11-9-16-13(15-8-7-14-6-2)17-12(11)10(3)4/h9-10,14H,5-8H2,1-4H3,(H,15,16,17). The minimum Gasteiger partial charge on any atom is -0.353 e. The van der Waals surface area contributed by atoms with Crippen molar-refractivity contribution in [1.82, 2.24) is 15.3 Å². The molecule has 17 heavy (non-hydrogen) atoms. The Hall–Kier alpha value is -1.16. The molecule has 0 spiro atoms. The molecular weight excluding hydrogens is 212 g/mol. The lowest BCUT2D eigenvalue weighted by Gasteiger charge is -2.12. The molecule has 0 aliphatic rings. The van der Waals surface area contributed by atoms with Gasteiger partial charge in [0.15, 0.2) is 0 Å². The number of nitrogens with zero attached hydrogens (tertiary/aromatic N) is 2. The number of aromatic nitrogens is 2. The first-order chi connectivity index (χ1) is 8.19. The van der Waals surface area contributed by atoms with Crippen molar-refractivity contribution in [2.45, 2.75) is 40.0 Å². The molecule has 96 valence electrons. The molecule has 0 saturated heterocycles. The second-order valence-corrected chi connectivity index (χ2v) is 4.39. The van der Waals surface area contributed by atoms with Crippen LogP contribution in [0.2, 0.25) is 0 Å². The first-order valence-corrected chi connectivity index (χ1v) is 6.49. The molecule has 0 amide bonds. The van der Waals surface area contributed by atoms with E-state index in [0.29, 0.717) is 5.92 Å². The fourth-order valence-electron chi connectivity index (χ4n) is 1.72. The maximum absolute atomic E-state index is 4.59. The molecule has 0 radical (unpaired) electrons. The molecule has 2 N–H and O–H groups in total. The highest BCUT2D eigenvalue weighted by Gasteiger charge is 2.08. The van der Waals surface area contributed by atoms with E-state index < -0.39 is 0 Å². The van der Waals surface area contributed by atoms with Crippen molar-refractivity contribution in [3.05, 3.63) is 17.5 Å². The van der Waals surface area contributed by atoms with Crippen LogP contribution in [0.25, 0.3) is 0 Å². The first-order valence-electron chi connectivity index (χ1n) is 6.49. The van der Waals surface area contributed by atoms with E-state index in [4.69, 9.17) is 0 Å². The van der Waals surface area contributed by atoms with Crippen molar-refractivity contribution >= 4 is 5.95 Å². The van der Waals surface area contributed by atoms with Crippen molar-refractivity contribution in [2.24, 2.45) is 0 Å². The van der Waals surface area contributed by atoms with Crippen LogP contribution in [0.5, 0.6) is 0 Å². The zero-order chi connectivity index (χ0) is 12.7. The summed E-state index contributed by atoms with van der Waals surface area (Å²) < 4.78 is 0. The number of rotatable bonds is 7. The van der Waals surface area contributed by atoms with Gasteiger partial charge in [-0.1, -0.05) is 27.7 Å². The molecule has 1 heterocycles. The molecule has 0 unspecified atom stereocenters. The Bertz CT molecular complexity index is 336. The highest BCUT2D eigenvalue weighted by atomic mass is 15.1. The van der Waals surface area contributed by atoms with Gasteiger partial charge in [-0.15, -0.1) is 0 Å². The van der Waals surface area contributed by atoms with E-state index in [1.165, 1.54) is 5.56 Å². The van der Waals surface area contributed by atoms with Crippen LogP contribution in [0, 0.1) is 0 Å². The van der Waals surface area contributed by atoms with E-state index >= 15 is 0 Å². The zero-order valence-corrected chi connectivity index (χ0v) is 11.4. The topological polar surface area (TPSA) is 49.8 Å². The molecule has 0 aliphatic carbocycles. The average molecular weight is 236 g/mol. The molecule has 0 aromatic carbocycles. The maximum Gasteiger partial charge on any atom is 0.222 e. The van der Waals surface area contributed by atoms with Crippen LogP contribution in [-0.4, -0.2) is 29.6 Å². The predicted molar refractivity (Wildman–Crippen MR) is 72.5 cm³/mol. The SMILES string of the molecule is CCNCCNc1ncc(CC)c(C(C)C)n1. The van der Waals surface area contributed by atoms with Gasteiger partial charge >= 0.3 is 0 Å². The minimum atomic E-state index is 0.447. The van der Waals surface area contributed by atoms with Gasteiger partial charge in [0.25, 0.3) is 0 Å². The Kier molecular flexibility index (Phi) is 5.91. The quantitative estimate of drug-likeness (QED) is 0.712. The van der Waals surface area contributed by atoms with Gasteiger partial charge in [-0.2, -0.15) is 0 Å². The Labute approximate surface area is 104 Å². The van der Waals surface area contributed by atoms with Crippen LogP contribution in [0.15, 0.2) is 6.20 Å². The van der Waals surface area contributed by atoms with Gasteiger partial charge in [0.05, 0.1) is 5.69 Å². The van der Waals surface area contributed by atoms with Gasteiger partial charge in [-0.3, -0.25) is 0 Å². The summed E-state index contributed by atoms with van der Waals surface area (Å²) in [5.41, 5.74) is 2.41. The summed E-state index contributed by atoms with van der Waals surface area (Å²) in [6, 6.07) is 0. The van der Waals surface area contributed by atoms with Gasteiger partial charge < -0.3 is 10.6 Å². The van der Waals surface area contributed by atoms with Crippen LogP contribution in [0.4, 0.5) is 5.95 Å². The molecule has 0 aliphatic heterocycles. The van der Waals surface area contributed by atoms with Crippen molar-refractivity contribution < 1.29 is 0 Å². The first kappa shape index (κ1) is 13.9. The summed E-state index contributed by atoms with van der Waals surface area (Å²) in [7, 11) is 0. The largest absolute Gasteiger partial charge is 0.353 e. The normalized spacial score (nSPS) is 10.9. The van der Waals surface area contributed by atoms with Gasteiger partial charge in [0.1, 0.15) is 0 Å². The highest BCUT2D eigenvalue weighted by Crippen LogP contribution is 2.18. The van der Waals surface area contributed by atoms with Crippen LogP contribution in [0.3, 0.4) is 0 Å². The Morgan fingerprint density at radius 2 is 2.00 bits per heavy atom. The molecule has 0 saturated carbocycles. The van der Waals surface area contributed by atoms with Crippen molar-refractivity contribution in [2.75, 3.05) is 25.0 Å². The van der Waals surface area contributed by atoms with Gasteiger partial charge in [0.2, 0.25) is 5.95 Å². The lowest BCUT2D eigenvalue weighted by atomic mass is 10.0. The van der Waals surface area contributed by atoms with E-state index in [2.05, 4.69) is 48.3 Å². The summed E-state index contributed by atoms with van der Waals surface area (Å²) in [5.74, 6) is 1.19. The predicted octanol–water partition coefficient (Wildman–Crippen LogP) is 2.18. The molecule has 0 bridgehead atoms. The summed E-state index contributed by atoms with van der Waals surface area (Å²) in [6.45, 7) is 11.4. The van der Waals surface area contributed by atoms with E-state index in [0.717, 1.165) is 37.7 Å². The molecule has 1 rings (SSSR count).